The molecule has 0 saturated heterocycles. The third kappa shape index (κ3) is 2.46. The van der Waals surface area contributed by atoms with E-state index in [1.807, 2.05) is 6.07 Å². The van der Waals surface area contributed by atoms with Crippen LogP contribution in [0.1, 0.15) is 71.5 Å². The van der Waals surface area contributed by atoms with E-state index in [4.69, 9.17) is 4.42 Å². The standard InChI is InChI=1S/C20H32O4/c1-13-7-9-19(3)16(5-6-17(22)20(19,4)23)18(13,2)11-15(21)14-8-10-24-12-14/h8,10,12-13,15-17,21-23H,5-7,9,11H2,1-4H3/t13-,15+,16-,17-,18+,19-,20+/m1/s1. The number of rotatable bonds is 3. The van der Waals surface area contributed by atoms with Gasteiger partial charge in [0, 0.05) is 11.0 Å². The molecule has 24 heavy (non-hydrogen) atoms. The molecule has 0 spiro atoms. The van der Waals surface area contributed by atoms with E-state index in [2.05, 4.69) is 20.8 Å². The Hall–Kier alpha value is -0.840. The molecule has 4 heteroatoms. The average molecular weight is 336 g/mol. The Morgan fingerprint density at radius 3 is 2.58 bits per heavy atom. The molecule has 0 unspecified atom stereocenters. The summed E-state index contributed by atoms with van der Waals surface area (Å²) in [7, 11) is 0. The highest BCUT2D eigenvalue weighted by molar-refractivity contribution is 5.15. The van der Waals surface area contributed by atoms with Crippen LogP contribution in [0.15, 0.2) is 23.0 Å². The summed E-state index contributed by atoms with van der Waals surface area (Å²) >= 11 is 0. The van der Waals surface area contributed by atoms with E-state index in [1.54, 1.807) is 19.5 Å². The molecule has 4 nitrogen and oxygen atoms in total. The third-order valence-electron chi connectivity index (χ3n) is 7.88. The second-order valence-electron chi connectivity index (χ2n) is 8.93. The molecule has 0 aromatic carbocycles. The summed E-state index contributed by atoms with van der Waals surface area (Å²) in [6.07, 6.45) is 6.07. The van der Waals surface area contributed by atoms with Crippen molar-refractivity contribution in [2.24, 2.45) is 22.7 Å². The zero-order valence-electron chi connectivity index (χ0n) is 15.3. The van der Waals surface area contributed by atoms with Crippen LogP contribution in [0, 0.1) is 22.7 Å². The van der Waals surface area contributed by atoms with Crippen molar-refractivity contribution >= 4 is 0 Å². The van der Waals surface area contributed by atoms with Crippen LogP contribution in [-0.4, -0.2) is 27.0 Å². The van der Waals surface area contributed by atoms with Crippen LogP contribution in [0.5, 0.6) is 0 Å². The quantitative estimate of drug-likeness (QED) is 0.787. The molecule has 2 aliphatic carbocycles. The number of hydrogen-bond acceptors (Lipinski definition) is 4. The lowest BCUT2D eigenvalue weighted by Crippen LogP contribution is -2.65. The van der Waals surface area contributed by atoms with Gasteiger partial charge in [-0.05, 0) is 62.3 Å². The van der Waals surface area contributed by atoms with Crippen LogP contribution in [0.4, 0.5) is 0 Å². The molecule has 0 bridgehead atoms. The summed E-state index contributed by atoms with van der Waals surface area (Å²) in [5.41, 5.74) is -0.688. The molecule has 2 fully saturated rings. The topological polar surface area (TPSA) is 73.8 Å². The molecule has 3 rings (SSSR count). The highest BCUT2D eigenvalue weighted by Crippen LogP contribution is 2.64. The Bertz CT molecular complexity index is 566. The normalized spacial score (nSPS) is 47.2. The van der Waals surface area contributed by atoms with Gasteiger partial charge in [0.2, 0.25) is 0 Å². The molecule has 0 amide bonds. The van der Waals surface area contributed by atoms with Crippen molar-refractivity contribution in [2.45, 2.75) is 77.6 Å². The van der Waals surface area contributed by atoms with Gasteiger partial charge in [0.15, 0.2) is 0 Å². The van der Waals surface area contributed by atoms with Gasteiger partial charge in [-0.15, -0.1) is 0 Å². The number of aliphatic hydroxyl groups excluding tert-OH is 2. The lowest BCUT2D eigenvalue weighted by atomic mass is 9.43. The molecule has 1 heterocycles. The molecular formula is C20H32O4. The van der Waals surface area contributed by atoms with E-state index >= 15 is 0 Å². The molecule has 1 aromatic rings. The molecule has 2 aliphatic rings. The Kier molecular flexibility index (Phi) is 4.38. The van der Waals surface area contributed by atoms with Crippen molar-refractivity contribution in [2.75, 3.05) is 0 Å². The minimum absolute atomic E-state index is 0.0895. The van der Waals surface area contributed by atoms with Gasteiger partial charge in [0.25, 0.3) is 0 Å². The Labute approximate surface area is 144 Å². The maximum Gasteiger partial charge on any atom is 0.0960 e. The molecule has 1 aromatic heterocycles. The summed E-state index contributed by atoms with van der Waals surface area (Å²) < 4.78 is 5.13. The monoisotopic (exact) mass is 336 g/mol. The number of fused-ring (bicyclic) bond motifs is 1. The number of furan rings is 1. The maximum atomic E-state index is 11.1. The minimum atomic E-state index is -1.09. The minimum Gasteiger partial charge on any atom is -0.472 e. The zero-order chi connectivity index (χ0) is 17.8. The SMILES string of the molecule is C[C@@H]1CC[C@]2(C)[C@H](CC[C@@H](O)[C@]2(C)O)[C@@]1(C)C[C@H](O)c1ccoc1. The molecular weight excluding hydrogens is 304 g/mol. The highest BCUT2D eigenvalue weighted by Gasteiger charge is 2.62. The largest absolute Gasteiger partial charge is 0.472 e. The van der Waals surface area contributed by atoms with Crippen molar-refractivity contribution in [3.05, 3.63) is 24.2 Å². The van der Waals surface area contributed by atoms with Crippen molar-refractivity contribution in [1.82, 2.24) is 0 Å². The Morgan fingerprint density at radius 2 is 1.96 bits per heavy atom. The van der Waals surface area contributed by atoms with Gasteiger partial charge in [-0.3, -0.25) is 0 Å². The van der Waals surface area contributed by atoms with Crippen LogP contribution in [0.3, 0.4) is 0 Å². The molecule has 2 saturated carbocycles. The molecule has 0 aliphatic heterocycles. The van der Waals surface area contributed by atoms with Crippen LogP contribution in [-0.2, 0) is 0 Å². The van der Waals surface area contributed by atoms with E-state index in [1.165, 1.54) is 0 Å². The van der Waals surface area contributed by atoms with Gasteiger partial charge in [-0.2, -0.15) is 0 Å². The summed E-state index contributed by atoms with van der Waals surface area (Å²) in [4.78, 5) is 0. The third-order valence-corrected chi connectivity index (χ3v) is 7.88. The lowest BCUT2D eigenvalue weighted by Gasteiger charge is -2.64. The second kappa shape index (κ2) is 5.86. The number of hydrogen-bond donors (Lipinski definition) is 3. The zero-order valence-corrected chi connectivity index (χ0v) is 15.3. The molecule has 3 N–H and O–H groups in total. The average Bonchev–Trinajstić information content (AvgIpc) is 3.04. The van der Waals surface area contributed by atoms with Crippen LogP contribution >= 0.6 is 0 Å². The molecule has 7 atom stereocenters. The fourth-order valence-electron chi connectivity index (χ4n) is 5.67. The van der Waals surface area contributed by atoms with Gasteiger partial charge < -0.3 is 19.7 Å². The van der Waals surface area contributed by atoms with Gasteiger partial charge in [-0.25, -0.2) is 0 Å². The molecule has 136 valence electrons. The Morgan fingerprint density at radius 1 is 1.25 bits per heavy atom. The first-order valence-electron chi connectivity index (χ1n) is 9.23. The predicted octanol–water partition coefficient (Wildman–Crippen LogP) is 3.67. The first kappa shape index (κ1) is 18.0. The van der Waals surface area contributed by atoms with Crippen molar-refractivity contribution in [3.8, 4) is 0 Å². The number of aliphatic hydroxyl groups is 3. The van der Waals surface area contributed by atoms with E-state index in [-0.39, 0.29) is 16.7 Å². The summed E-state index contributed by atoms with van der Waals surface area (Å²) in [6.45, 7) is 8.46. The van der Waals surface area contributed by atoms with E-state index in [0.29, 0.717) is 18.8 Å². The fraction of sp³-hybridized carbons (Fsp3) is 0.800. The van der Waals surface area contributed by atoms with E-state index in [0.717, 1.165) is 24.8 Å². The second-order valence-corrected chi connectivity index (χ2v) is 8.93. The predicted molar refractivity (Wildman–Crippen MR) is 92.3 cm³/mol. The smallest absolute Gasteiger partial charge is 0.0960 e. The van der Waals surface area contributed by atoms with Gasteiger partial charge in [-0.1, -0.05) is 20.8 Å². The van der Waals surface area contributed by atoms with Gasteiger partial charge in [0.05, 0.1) is 30.3 Å². The van der Waals surface area contributed by atoms with Crippen molar-refractivity contribution < 1.29 is 19.7 Å². The first-order valence-corrected chi connectivity index (χ1v) is 9.23. The van der Waals surface area contributed by atoms with Crippen LogP contribution < -0.4 is 0 Å². The van der Waals surface area contributed by atoms with Gasteiger partial charge >= 0.3 is 0 Å². The lowest BCUT2D eigenvalue weighted by molar-refractivity contribution is -0.238. The van der Waals surface area contributed by atoms with Crippen molar-refractivity contribution in [1.29, 1.82) is 0 Å². The van der Waals surface area contributed by atoms with Gasteiger partial charge in [0.1, 0.15) is 0 Å². The highest BCUT2D eigenvalue weighted by atomic mass is 16.3. The van der Waals surface area contributed by atoms with Crippen LogP contribution in [0.25, 0.3) is 0 Å². The fourth-order valence-corrected chi connectivity index (χ4v) is 5.67. The van der Waals surface area contributed by atoms with E-state index in [9.17, 15) is 15.3 Å². The Balaban J connectivity index is 1.93. The van der Waals surface area contributed by atoms with Crippen LogP contribution in [0.2, 0.25) is 0 Å². The maximum absolute atomic E-state index is 11.1. The van der Waals surface area contributed by atoms with Crippen molar-refractivity contribution in [3.63, 3.8) is 0 Å². The molecule has 0 radical (unpaired) electrons. The summed E-state index contributed by atoms with van der Waals surface area (Å²) in [6, 6.07) is 1.82. The first-order chi connectivity index (χ1) is 11.1. The summed E-state index contributed by atoms with van der Waals surface area (Å²) in [5.74, 6) is 0.733. The summed E-state index contributed by atoms with van der Waals surface area (Å²) in [5, 5.41) is 32.2. The van der Waals surface area contributed by atoms with E-state index < -0.39 is 17.8 Å².